The summed E-state index contributed by atoms with van der Waals surface area (Å²) in [6, 6.07) is 2.30. The molecule has 2 fully saturated rings. The van der Waals surface area contributed by atoms with Gasteiger partial charge >= 0.3 is 5.97 Å². The number of fused-ring (bicyclic) bond motifs is 2. The van der Waals surface area contributed by atoms with Crippen LogP contribution in [-0.2, 0) is 9.53 Å². The summed E-state index contributed by atoms with van der Waals surface area (Å²) in [6.45, 7) is 0. The van der Waals surface area contributed by atoms with Crippen molar-refractivity contribution in [1.82, 2.24) is 5.32 Å². The van der Waals surface area contributed by atoms with Crippen LogP contribution in [0.5, 0.6) is 5.75 Å². The first-order valence-corrected chi connectivity index (χ1v) is 8.67. The molecule has 0 heterocycles. The van der Waals surface area contributed by atoms with Crippen LogP contribution in [0.3, 0.4) is 0 Å². The number of hydrogen-bond acceptors (Lipinski definition) is 4. The van der Waals surface area contributed by atoms with E-state index >= 15 is 0 Å². The molecule has 1 aromatic rings. The highest BCUT2D eigenvalue weighted by Crippen LogP contribution is 2.49. The Morgan fingerprint density at radius 3 is 2.62 bits per heavy atom. The lowest BCUT2D eigenvalue weighted by molar-refractivity contribution is -0.148. The predicted molar refractivity (Wildman–Crippen MR) is 88.2 cm³/mol. The molecule has 24 heavy (non-hydrogen) atoms. The van der Waals surface area contributed by atoms with E-state index in [1.165, 1.54) is 20.3 Å². The molecule has 0 unspecified atom stereocenters. The first kappa shape index (κ1) is 17.2. The average Bonchev–Trinajstić information content (AvgIpc) is 3.17. The Labute approximate surface area is 148 Å². The molecule has 0 saturated heterocycles. The van der Waals surface area contributed by atoms with Gasteiger partial charge in [0.1, 0.15) is 11.6 Å². The molecule has 5 nitrogen and oxygen atoms in total. The molecule has 1 aromatic carbocycles. The molecule has 2 saturated carbocycles. The summed E-state index contributed by atoms with van der Waals surface area (Å²) in [7, 11) is 2.75. The number of nitrogens with one attached hydrogen (secondary N) is 1. The monoisotopic (exact) mass is 399 g/mol. The molecule has 2 aliphatic carbocycles. The van der Waals surface area contributed by atoms with Crippen molar-refractivity contribution in [2.24, 2.45) is 17.8 Å². The van der Waals surface area contributed by atoms with Gasteiger partial charge in [0.05, 0.1) is 30.2 Å². The van der Waals surface area contributed by atoms with E-state index in [0.29, 0.717) is 0 Å². The van der Waals surface area contributed by atoms with E-state index in [9.17, 15) is 14.0 Å². The maximum Gasteiger partial charge on any atom is 0.311 e. The molecule has 2 aliphatic rings. The fourth-order valence-corrected chi connectivity index (χ4v) is 4.42. The number of amides is 1. The van der Waals surface area contributed by atoms with Crippen molar-refractivity contribution in [2.45, 2.75) is 25.3 Å². The summed E-state index contributed by atoms with van der Waals surface area (Å²) in [5.41, 5.74) is 0.233. The average molecular weight is 400 g/mol. The highest BCUT2D eigenvalue weighted by molar-refractivity contribution is 9.10. The fraction of sp³-hybridized carbons (Fsp3) is 0.529. The predicted octanol–water partition coefficient (Wildman–Crippen LogP) is 2.91. The van der Waals surface area contributed by atoms with Crippen molar-refractivity contribution >= 4 is 27.8 Å². The third-order valence-electron chi connectivity index (χ3n) is 5.17. The first-order valence-electron chi connectivity index (χ1n) is 7.88. The van der Waals surface area contributed by atoms with E-state index in [0.717, 1.165) is 25.3 Å². The minimum absolute atomic E-state index is 0.158. The van der Waals surface area contributed by atoms with Gasteiger partial charge in [-0.15, -0.1) is 0 Å². The van der Waals surface area contributed by atoms with Crippen LogP contribution >= 0.6 is 15.9 Å². The summed E-state index contributed by atoms with van der Waals surface area (Å²) < 4.78 is 23.8. The molecule has 7 heteroatoms. The summed E-state index contributed by atoms with van der Waals surface area (Å²) in [5, 5.41) is 2.95. The van der Waals surface area contributed by atoms with Gasteiger partial charge in [0.15, 0.2) is 0 Å². The maximum atomic E-state index is 13.6. The lowest BCUT2D eigenvalue weighted by Gasteiger charge is -2.30. The molecule has 0 aromatic heterocycles. The molecular weight excluding hydrogens is 381 g/mol. The number of carbonyl (C=O) groups excluding carboxylic acids is 2. The SMILES string of the molecule is COC(=O)[C@H]1[C@H]2CC[C@H](C2)[C@H]1NC(=O)c1cc(Br)c(F)cc1OC. The number of rotatable bonds is 4. The number of esters is 1. The van der Waals surface area contributed by atoms with Crippen LogP contribution in [0.15, 0.2) is 16.6 Å². The van der Waals surface area contributed by atoms with Crippen LogP contribution in [-0.4, -0.2) is 32.1 Å². The van der Waals surface area contributed by atoms with Gasteiger partial charge in [-0.3, -0.25) is 9.59 Å². The lowest BCUT2D eigenvalue weighted by Crippen LogP contribution is -2.47. The van der Waals surface area contributed by atoms with Gasteiger partial charge in [0.25, 0.3) is 5.91 Å². The molecule has 0 spiro atoms. The Hall–Kier alpha value is -1.63. The van der Waals surface area contributed by atoms with Crippen LogP contribution in [0.25, 0.3) is 0 Å². The maximum absolute atomic E-state index is 13.6. The van der Waals surface area contributed by atoms with Crippen LogP contribution in [0.4, 0.5) is 4.39 Å². The first-order chi connectivity index (χ1) is 11.5. The second-order valence-corrected chi connectivity index (χ2v) is 7.20. The van der Waals surface area contributed by atoms with Crippen molar-refractivity contribution in [1.29, 1.82) is 0 Å². The molecule has 1 N–H and O–H groups in total. The molecule has 1 amide bonds. The lowest BCUT2D eigenvalue weighted by atomic mass is 9.84. The molecule has 0 radical (unpaired) electrons. The fourth-order valence-electron chi connectivity index (χ4n) is 4.08. The van der Waals surface area contributed by atoms with Crippen molar-refractivity contribution in [2.75, 3.05) is 14.2 Å². The quantitative estimate of drug-likeness (QED) is 0.790. The van der Waals surface area contributed by atoms with Crippen molar-refractivity contribution < 1.29 is 23.5 Å². The highest BCUT2D eigenvalue weighted by Gasteiger charge is 2.52. The number of methoxy groups -OCH3 is 2. The Morgan fingerprint density at radius 2 is 1.96 bits per heavy atom. The van der Waals surface area contributed by atoms with Crippen LogP contribution in [0.1, 0.15) is 29.6 Å². The molecular formula is C17H19BrFNO4. The second-order valence-electron chi connectivity index (χ2n) is 6.35. The van der Waals surface area contributed by atoms with Gasteiger partial charge in [-0.1, -0.05) is 0 Å². The number of halogens is 2. The molecule has 0 aliphatic heterocycles. The van der Waals surface area contributed by atoms with Gasteiger partial charge in [0, 0.05) is 12.1 Å². The zero-order valence-corrected chi connectivity index (χ0v) is 15.1. The van der Waals surface area contributed by atoms with E-state index in [2.05, 4.69) is 21.2 Å². The zero-order valence-electron chi connectivity index (χ0n) is 13.5. The Balaban J connectivity index is 1.84. The molecule has 130 valence electrons. The van der Waals surface area contributed by atoms with Gasteiger partial charge in [0.2, 0.25) is 0 Å². The third kappa shape index (κ3) is 2.90. The summed E-state index contributed by atoms with van der Waals surface area (Å²) in [5.74, 6) is -0.777. The van der Waals surface area contributed by atoms with Crippen molar-refractivity contribution in [3.63, 3.8) is 0 Å². The van der Waals surface area contributed by atoms with Crippen LogP contribution < -0.4 is 10.1 Å². The second kappa shape index (κ2) is 6.70. The summed E-state index contributed by atoms with van der Waals surface area (Å²) in [4.78, 5) is 24.8. The highest BCUT2D eigenvalue weighted by atomic mass is 79.9. The zero-order chi connectivity index (χ0) is 17.4. The largest absolute Gasteiger partial charge is 0.496 e. The number of benzene rings is 1. The van der Waals surface area contributed by atoms with Gasteiger partial charge in [-0.25, -0.2) is 4.39 Å². The van der Waals surface area contributed by atoms with E-state index in [1.54, 1.807) is 0 Å². The van der Waals surface area contributed by atoms with Crippen LogP contribution in [0, 0.1) is 23.6 Å². The summed E-state index contributed by atoms with van der Waals surface area (Å²) >= 11 is 3.08. The van der Waals surface area contributed by atoms with Gasteiger partial charge in [-0.2, -0.15) is 0 Å². The van der Waals surface area contributed by atoms with Crippen LogP contribution in [0.2, 0.25) is 0 Å². The molecule has 3 rings (SSSR count). The normalized spacial score (nSPS) is 27.8. The van der Waals surface area contributed by atoms with Crippen molar-refractivity contribution in [3.05, 3.63) is 28.0 Å². The Morgan fingerprint density at radius 1 is 1.25 bits per heavy atom. The molecule has 4 atom stereocenters. The van der Waals surface area contributed by atoms with Gasteiger partial charge < -0.3 is 14.8 Å². The summed E-state index contributed by atoms with van der Waals surface area (Å²) in [6.07, 6.45) is 2.91. The third-order valence-corrected chi connectivity index (χ3v) is 5.78. The number of ether oxygens (including phenoxy) is 2. The topological polar surface area (TPSA) is 64.6 Å². The standard InChI is InChI=1S/C17H19BrFNO4/c1-23-13-7-12(19)11(18)6-10(13)16(21)20-15-9-4-3-8(5-9)14(15)17(22)24-2/h6-9,14-15H,3-5H2,1-2H3,(H,20,21)/t8-,9+,14-,15+/m0/s1. The van der Waals surface area contributed by atoms with E-state index in [4.69, 9.17) is 9.47 Å². The smallest absolute Gasteiger partial charge is 0.311 e. The minimum Gasteiger partial charge on any atom is -0.496 e. The number of hydrogen-bond donors (Lipinski definition) is 1. The van der Waals surface area contributed by atoms with E-state index in [-0.39, 0.29) is 51.5 Å². The van der Waals surface area contributed by atoms with E-state index in [1.807, 2.05) is 0 Å². The van der Waals surface area contributed by atoms with E-state index < -0.39 is 5.82 Å². The molecule has 2 bridgehead atoms. The minimum atomic E-state index is -0.504. The number of carbonyl (C=O) groups is 2. The Bertz CT molecular complexity index is 681. The van der Waals surface area contributed by atoms with Crippen molar-refractivity contribution in [3.8, 4) is 5.75 Å². The Kier molecular flexibility index (Phi) is 4.80. The van der Waals surface area contributed by atoms with Gasteiger partial charge in [-0.05, 0) is 53.1 Å².